The average molecular weight is 220 g/mol. The zero-order valence-corrected chi connectivity index (χ0v) is 10.9. The predicted octanol–water partition coefficient (Wildman–Crippen LogP) is 4.11. The number of nitriles is 1. The maximum absolute atomic E-state index is 8.74. The summed E-state index contributed by atoms with van der Waals surface area (Å²) in [5.74, 6) is 0. The molecule has 0 unspecified atom stereocenters. The van der Waals surface area contributed by atoms with Crippen LogP contribution in [0, 0.1) is 16.7 Å². The summed E-state index contributed by atoms with van der Waals surface area (Å²) in [6.45, 7) is 6.39. The first-order valence-electron chi connectivity index (χ1n) is 6.41. The lowest BCUT2D eigenvalue weighted by Crippen LogP contribution is -2.27. The number of nitrogens with zero attached hydrogens (tertiary/aromatic N) is 2. The molecule has 0 bridgehead atoms. The van der Waals surface area contributed by atoms with Gasteiger partial charge in [0.25, 0.3) is 0 Å². The molecular weight excluding hydrogens is 196 g/mol. The highest BCUT2D eigenvalue weighted by atomic mass is 14.8. The van der Waals surface area contributed by atoms with E-state index in [0.717, 1.165) is 6.42 Å². The molecule has 0 aromatic carbocycles. The molecule has 0 aromatic heterocycles. The molecule has 0 aliphatic heterocycles. The average Bonchev–Trinajstić information content (AvgIpc) is 2.24. The molecule has 0 atom stereocenters. The first kappa shape index (κ1) is 13.2. The number of rotatable bonds is 3. The Bertz CT molecular complexity index is 272. The monoisotopic (exact) mass is 220 g/mol. The summed E-state index contributed by atoms with van der Waals surface area (Å²) in [6, 6.07) is 2.28. The van der Waals surface area contributed by atoms with Gasteiger partial charge < -0.3 is 0 Å². The van der Waals surface area contributed by atoms with Gasteiger partial charge in [0.05, 0.1) is 11.6 Å². The molecule has 0 heterocycles. The van der Waals surface area contributed by atoms with Crippen LogP contribution in [0.3, 0.4) is 0 Å². The summed E-state index contributed by atoms with van der Waals surface area (Å²) in [6.07, 6.45) is 10.2. The van der Waals surface area contributed by atoms with Crippen LogP contribution >= 0.6 is 0 Å². The van der Waals surface area contributed by atoms with E-state index in [4.69, 9.17) is 5.26 Å². The smallest absolute Gasteiger partial charge is 0.0622 e. The molecule has 1 saturated carbocycles. The number of hydrogen-bond acceptors (Lipinski definition) is 2. The molecule has 0 aromatic rings. The lowest BCUT2D eigenvalue weighted by Gasteiger charge is -2.34. The van der Waals surface area contributed by atoms with Crippen LogP contribution < -0.4 is 0 Å². The van der Waals surface area contributed by atoms with E-state index in [-0.39, 0.29) is 11.0 Å². The summed E-state index contributed by atoms with van der Waals surface area (Å²) in [5.41, 5.74) is 0.234. The second-order valence-electron chi connectivity index (χ2n) is 6.01. The van der Waals surface area contributed by atoms with Gasteiger partial charge in [0.15, 0.2) is 0 Å². The normalized spacial score (nSPS) is 20.9. The van der Waals surface area contributed by atoms with Gasteiger partial charge in [0, 0.05) is 18.1 Å². The third-order valence-electron chi connectivity index (χ3n) is 3.31. The molecule has 1 aliphatic rings. The van der Waals surface area contributed by atoms with Crippen molar-refractivity contribution in [1.82, 2.24) is 0 Å². The Hall–Kier alpha value is -0.840. The molecule has 0 N–H and O–H groups in total. The highest BCUT2D eigenvalue weighted by Gasteiger charge is 2.30. The lowest BCUT2D eigenvalue weighted by atomic mass is 9.72. The molecule has 16 heavy (non-hydrogen) atoms. The maximum atomic E-state index is 8.74. The minimum absolute atomic E-state index is 0.0110. The minimum Gasteiger partial charge on any atom is -0.291 e. The third kappa shape index (κ3) is 4.35. The summed E-state index contributed by atoms with van der Waals surface area (Å²) in [4.78, 5) is 4.67. The fraction of sp³-hybridized carbons (Fsp3) is 0.857. The topological polar surface area (TPSA) is 36.1 Å². The molecule has 0 radical (unpaired) electrons. The summed E-state index contributed by atoms with van der Waals surface area (Å²) in [5, 5.41) is 8.74. The fourth-order valence-electron chi connectivity index (χ4n) is 2.33. The van der Waals surface area contributed by atoms with Crippen molar-refractivity contribution >= 4 is 6.21 Å². The van der Waals surface area contributed by atoms with E-state index in [0.29, 0.717) is 6.42 Å². The lowest BCUT2D eigenvalue weighted by molar-refractivity contribution is 0.272. The van der Waals surface area contributed by atoms with Crippen LogP contribution in [-0.4, -0.2) is 11.8 Å². The Labute approximate surface area is 99.8 Å². The highest BCUT2D eigenvalue weighted by Crippen LogP contribution is 2.39. The summed E-state index contributed by atoms with van der Waals surface area (Å²) >= 11 is 0. The van der Waals surface area contributed by atoms with E-state index in [1.54, 1.807) is 0 Å². The zero-order chi connectivity index (χ0) is 12.1. The molecule has 2 heteroatoms. The highest BCUT2D eigenvalue weighted by molar-refractivity contribution is 5.66. The third-order valence-corrected chi connectivity index (χ3v) is 3.31. The molecule has 90 valence electrons. The van der Waals surface area contributed by atoms with E-state index >= 15 is 0 Å². The molecule has 0 spiro atoms. The maximum Gasteiger partial charge on any atom is 0.0622 e. The Morgan fingerprint density at radius 2 is 1.88 bits per heavy atom. The van der Waals surface area contributed by atoms with E-state index in [2.05, 4.69) is 38.0 Å². The Morgan fingerprint density at radius 3 is 2.38 bits per heavy atom. The SMILES string of the molecule is CC(C)(C)N=CC1(CCC#N)CCCCC1. The van der Waals surface area contributed by atoms with E-state index in [1.165, 1.54) is 32.1 Å². The Kier molecular flexibility index (Phi) is 4.53. The second kappa shape index (κ2) is 5.48. The van der Waals surface area contributed by atoms with Gasteiger partial charge in [-0.05, 0) is 40.0 Å². The summed E-state index contributed by atoms with van der Waals surface area (Å²) < 4.78 is 0. The summed E-state index contributed by atoms with van der Waals surface area (Å²) in [7, 11) is 0. The second-order valence-corrected chi connectivity index (χ2v) is 6.01. The van der Waals surface area contributed by atoms with Gasteiger partial charge in [0.2, 0.25) is 0 Å². The van der Waals surface area contributed by atoms with Gasteiger partial charge in [-0.15, -0.1) is 0 Å². The van der Waals surface area contributed by atoms with Crippen molar-refractivity contribution in [2.24, 2.45) is 10.4 Å². The molecule has 1 aliphatic carbocycles. The van der Waals surface area contributed by atoms with Crippen LogP contribution in [0.2, 0.25) is 0 Å². The van der Waals surface area contributed by atoms with Crippen LogP contribution in [0.15, 0.2) is 4.99 Å². The van der Waals surface area contributed by atoms with Gasteiger partial charge in [-0.3, -0.25) is 4.99 Å². The van der Waals surface area contributed by atoms with Gasteiger partial charge in [-0.1, -0.05) is 19.3 Å². The molecule has 1 fully saturated rings. The van der Waals surface area contributed by atoms with Gasteiger partial charge in [-0.2, -0.15) is 5.26 Å². The van der Waals surface area contributed by atoms with Gasteiger partial charge >= 0.3 is 0 Å². The standard InChI is InChI=1S/C14H24N2/c1-13(2,3)16-12-14(10-7-11-15)8-5-4-6-9-14/h12H,4-10H2,1-3H3. The van der Waals surface area contributed by atoms with Crippen molar-refractivity contribution in [3.63, 3.8) is 0 Å². The van der Waals surface area contributed by atoms with Crippen molar-refractivity contribution < 1.29 is 0 Å². The van der Waals surface area contributed by atoms with Gasteiger partial charge in [-0.25, -0.2) is 0 Å². The van der Waals surface area contributed by atoms with Crippen LogP contribution in [0.5, 0.6) is 0 Å². The molecular formula is C14H24N2. The molecule has 0 saturated heterocycles. The largest absolute Gasteiger partial charge is 0.291 e. The zero-order valence-electron chi connectivity index (χ0n) is 10.9. The first-order chi connectivity index (χ1) is 7.47. The van der Waals surface area contributed by atoms with Crippen LogP contribution in [0.1, 0.15) is 65.7 Å². The van der Waals surface area contributed by atoms with Crippen LogP contribution in [0.25, 0.3) is 0 Å². The quantitative estimate of drug-likeness (QED) is 0.659. The molecule has 0 amide bonds. The van der Waals surface area contributed by atoms with Crippen LogP contribution in [0.4, 0.5) is 0 Å². The van der Waals surface area contributed by atoms with E-state index in [9.17, 15) is 0 Å². The van der Waals surface area contributed by atoms with Gasteiger partial charge in [0.1, 0.15) is 0 Å². The number of hydrogen-bond donors (Lipinski definition) is 0. The number of aliphatic imine (C=N–C) groups is 1. The van der Waals surface area contributed by atoms with E-state index in [1.807, 2.05) is 0 Å². The molecule has 1 rings (SSSR count). The van der Waals surface area contributed by atoms with Crippen molar-refractivity contribution in [1.29, 1.82) is 5.26 Å². The fourth-order valence-corrected chi connectivity index (χ4v) is 2.33. The Morgan fingerprint density at radius 1 is 1.25 bits per heavy atom. The molecule has 2 nitrogen and oxygen atoms in total. The predicted molar refractivity (Wildman–Crippen MR) is 68.6 cm³/mol. The van der Waals surface area contributed by atoms with E-state index < -0.39 is 0 Å². The van der Waals surface area contributed by atoms with Crippen molar-refractivity contribution in [3.8, 4) is 6.07 Å². The minimum atomic E-state index is 0.0110. The first-order valence-corrected chi connectivity index (χ1v) is 6.41. The van der Waals surface area contributed by atoms with Crippen LogP contribution in [-0.2, 0) is 0 Å². The van der Waals surface area contributed by atoms with Crippen molar-refractivity contribution in [2.75, 3.05) is 0 Å². The van der Waals surface area contributed by atoms with Crippen molar-refractivity contribution in [3.05, 3.63) is 0 Å². The van der Waals surface area contributed by atoms with Crippen molar-refractivity contribution in [2.45, 2.75) is 71.3 Å². The Balaban J connectivity index is 2.70.